The van der Waals surface area contributed by atoms with Gasteiger partial charge >= 0.3 is 0 Å². The fourth-order valence-electron chi connectivity index (χ4n) is 5.11. The van der Waals surface area contributed by atoms with Gasteiger partial charge in [0.25, 0.3) is 0 Å². The highest BCUT2D eigenvalue weighted by molar-refractivity contribution is 7.81. The molecule has 23 heavy (non-hydrogen) atoms. The summed E-state index contributed by atoms with van der Waals surface area (Å²) in [5, 5.41) is 0.267. The summed E-state index contributed by atoms with van der Waals surface area (Å²) in [7, 11) is 3.33. The largest absolute Gasteiger partial charge is 0.493 e. The van der Waals surface area contributed by atoms with Crippen LogP contribution in [0.4, 0.5) is 0 Å². The average Bonchev–Trinajstić information content (AvgIpc) is 2.97. The Kier molecular flexibility index (Phi) is 3.34. The van der Waals surface area contributed by atoms with E-state index in [-0.39, 0.29) is 22.6 Å². The fraction of sp³-hybridized carbons (Fsp3) is 0.611. The van der Waals surface area contributed by atoms with Crippen molar-refractivity contribution in [3.05, 3.63) is 23.3 Å². The SMILES string of the molecule is COc1cc2c(cc1OC)C13CC(C)C(S)C1CC(=O)N3CC2. The zero-order chi connectivity index (χ0) is 16.4. The standard InChI is InChI=1S/C18H23NO3S/c1-10-9-18-12-7-15(22-3)14(21-2)6-11(12)4-5-19(18)16(20)8-13(18)17(10)23/h6-7,10,13,17,23H,4-5,8-9H2,1-3H3. The van der Waals surface area contributed by atoms with Gasteiger partial charge in [-0.25, -0.2) is 0 Å². The second-order valence-electron chi connectivity index (χ2n) is 7.07. The first-order chi connectivity index (χ1) is 11.0. The molecule has 2 aliphatic heterocycles. The minimum Gasteiger partial charge on any atom is -0.493 e. The first-order valence-electron chi connectivity index (χ1n) is 8.27. The van der Waals surface area contributed by atoms with Gasteiger partial charge in [-0.05, 0) is 42.0 Å². The molecule has 1 aliphatic carbocycles. The molecular weight excluding hydrogens is 310 g/mol. The number of amides is 1. The number of ether oxygens (including phenoxy) is 2. The summed E-state index contributed by atoms with van der Waals surface area (Å²) in [5.74, 6) is 2.58. The molecule has 0 N–H and O–H groups in total. The van der Waals surface area contributed by atoms with Crippen LogP contribution in [0.5, 0.6) is 11.5 Å². The second-order valence-corrected chi connectivity index (χ2v) is 7.66. The highest BCUT2D eigenvalue weighted by atomic mass is 32.1. The number of methoxy groups -OCH3 is 2. The van der Waals surface area contributed by atoms with E-state index >= 15 is 0 Å². The predicted molar refractivity (Wildman–Crippen MR) is 91.3 cm³/mol. The van der Waals surface area contributed by atoms with Crippen molar-refractivity contribution in [1.82, 2.24) is 4.90 Å². The highest BCUT2D eigenvalue weighted by Crippen LogP contribution is 2.60. The zero-order valence-corrected chi connectivity index (χ0v) is 14.7. The van der Waals surface area contributed by atoms with Crippen LogP contribution in [0.2, 0.25) is 0 Å². The van der Waals surface area contributed by atoms with Crippen LogP contribution in [0.3, 0.4) is 0 Å². The van der Waals surface area contributed by atoms with Gasteiger partial charge in [0.05, 0.1) is 19.8 Å². The number of thiol groups is 1. The van der Waals surface area contributed by atoms with Crippen LogP contribution < -0.4 is 9.47 Å². The Balaban J connectivity index is 1.93. The van der Waals surface area contributed by atoms with Crippen LogP contribution in [0.25, 0.3) is 0 Å². The summed E-state index contributed by atoms with van der Waals surface area (Å²) < 4.78 is 11.0. The molecule has 4 rings (SSSR count). The molecule has 2 heterocycles. The van der Waals surface area contributed by atoms with E-state index in [1.165, 1.54) is 11.1 Å². The summed E-state index contributed by atoms with van der Waals surface area (Å²) in [6, 6.07) is 4.20. The molecule has 0 radical (unpaired) electrons. The van der Waals surface area contributed by atoms with Gasteiger partial charge in [0.1, 0.15) is 0 Å². The maximum Gasteiger partial charge on any atom is 0.223 e. The minimum atomic E-state index is -0.198. The summed E-state index contributed by atoms with van der Waals surface area (Å²) in [4.78, 5) is 14.7. The maximum atomic E-state index is 12.6. The van der Waals surface area contributed by atoms with E-state index < -0.39 is 0 Å². The van der Waals surface area contributed by atoms with Gasteiger partial charge in [0.15, 0.2) is 11.5 Å². The molecule has 1 saturated carbocycles. The third-order valence-electron chi connectivity index (χ3n) is 6.10. The normalized spacial score (nSPS) is 34.9. The van der Waals surface area contributed by atoms with E-state index in [1.807, 2.05) is 0 Å². The average molecular weight is 333 g/mol. The lowest BCUT2D eigenvalue weighted by molar-refractivity contribution is -0.132. The van der Waals surface area contributed by atoms with E-state index in [9.17, 15) is 4.79 Å². The van der Waals surface area contributed by atoms with Gasteiger partial charge in [-0.3, -0.25) is 4.79 Å². The van der Waals surface area contributed by atoms with E-state index in [0.717, 1.165) is 30.9 Å². The van der Waals surface area contributed by atoms with E-state index in [2.05, 4.69) is 24.0 Å². The van der Waals surface area contributed by atoms with Crippen molar-refractivity contribution in [3.8, 4) is 11.5 Å². The van der Waals surface area contributed by atoms with Crippen LogP contribution in [0, 0.1) is 11.8 Å². The number of nitrogens with zero attached hydrogens (tertiary/aromatic N) is 1. The highest BCUT2D eigenvalue weighted by Gasteiger charge is 2.62. The molecule has 124 valence electrons. The van der Waals surface area contributed by atoms with Crippen LogP contribution >= 0.6 is 12.6 Å². The fourth-order valence-corrected chi connectivity index (χ4v) is 5.56. The monoisotopic (exact) mass is 333 g/mol. The molecule has 4 nitrogen and oxygen atoms in total. The Morgan fingerprint density at radius 2 is 1.96 bits per heavy atom. The van der Waals surface area contributed by atoms with E-state index in [1.54, 1.807) is 14.2 Å². The Morgan fingerprint density at radius 1 is 1.26 bits per heavy atom. The van der Waals surface area contributed by atoms with Gasteiger partial charge in [-0.15, -0.1) is 0 Å². The van der Waals surface area contributed by atoms with Crippen LogP contribution in [0.15, 0.2) is 12.1 Å². The van der Waals surface area contributed by atoms with Crippen molar-refractivity contribution in [2.75, 3.05) is 20.8 Å². The van der Waals surface area contributed by atoms with Gasteiger partial charge in [0, 0.05) is 24.1 Å². The van der Waals surface area contributed by atoms with Crippen LogP contribution in [0.1, 0.15) is 30.9 Å². The molecular formula is C18H23NO3S. The lowest BCUT2D eigenvalue weighted by Crippen LogP contribution is -2.49. The number of carbonyl (C=O) groups is 1. The molecule has 1 spiro atoms. The van der Waals surface area contributed by atoms with Crippen molar-refractivity contribution in [2.45, 2.75) is 37.0 Å². The van der Waals surface area contributed by atoms with Gasteiger partial charge in [-0.2, -0.15) is 12.6 Å². The minimum absolute atomic E-state index is 0.198. The lowest BCUT2D eigenvalue weighted by atomic mass is 9.75. The molecule has 1 aromatic carbocycles. The molecule has 0 aromatic heterocycles. The smallest absolute Gasteiger partial charge is 0.223 e. The number of hydrogen-bond acceptors (Lipinski definition) is 4. The van der Waals surface area contributed by atoms with Crippen molar-refractivity contribution in [2.24, 2.45) is 11.8 Å². The number of fused-ring (bicyclic) bond motifs is 1. The Morgan fingerprint density at radius 3 is 2.65 bits per heavy atom. The molecule has 0 bridgehead atoms. The topological polar surface area (TPSA) is 38.8 Å². The number of benzene rings is 1. The van der Waals surface area contributed by atoms with Gasteiger partial charge in [-0.1, -0.05) is 6.92 Å². The van der Waals surface area contributed by atoms with Gasteiger partial charge in [0.2, 0.25) is 5.91 Å². The molecule has 1 aromatic rings. The molecule has 2 fully saturated rings. The van der Waals surface area contributed by atoms with Crippen LogP contribution in [-0.2, 0) is 16.8 Å². The Hall–Kier alpha value is -1.36. The van der Waals surface area contributed by atoms with Gasteiger partial charge < -0.3 is 14.4 Å². The van der Waals surface area contributed by atoms with Crippen molar-refractivity contribution < 1.29 is 14.3 Å². The van der Waals surface area contributed by atoms with Crippen LogP contribution in [-0.4, -0.2) is 36.8 Å². The molecule has 4 unspecified atom stereocenters. The Labute approximate surface area is 142 Å². The zero-order valence-electron chi connectivity index (χ0n) is 13.8. The lowest BCUT2D eigenvalue weighted by Gasteiger charge is -2.44. The maximum absolute atomic E-state index is 12.6. The summed E-state index contributed by atoms with van der Waals surface area (Å²) >= 11 is 4.86. The first kappa shape index (κ1) is 15.2. The molecule has 1 saturated heterocycles. The van der Waals surface area contributed by atoms with Crippen molar-refractivity contribution in [1.29, 1.82) is 0 Å². The number of carbonyl (C=O) groups excluding carboxylic acids is 1. The number of hydrogen-bond donors (Lipinski definition) is 1. The Bertz CT molecular complexity index is 676. The summed E-state index contributed by atoms with van der Waals surface area (Å²) in [6.07, 6.45) is 2.48. The summed E-state index contributed by atoms with van der Waals surface area (Å²) in [5.41, 5.74) is 2.34. The van der Waals surface area contributed by atoms with E-state index in [0.29, 0.717) is 12.3 Å². The summed E-state index contributed by atoms with van der Waals surface area (Å²) in [6.45, 7) is 3.05. The third kappa shape index (κ3) is 1.83. The predicted octanol–water partition coefficient (Wildman–Crippen LogP) is 2.64. The molecule has 4 atom stereocenters. The quantitative estimate of drug-likeness (QED) is 0.846. The third-order valence-corrected chi connectivity index (χ3v) is 6.97. The molecule has 3 aliphatic rings. The molecule has 5 heteroatoms. The number of rotatable bonds is 2. The first-order valence-corrected chi connectivity index (χ1v) is 8.78. The van der Waals surface area contributed by atoms with Crippen molar-refractivity contribution >= 4 is 18.5 Å². The molecule has 1 amide bonds. The van der Waals surface area contributed by atoms with E-state index in [4.69, 9.17) is 22.1 Å². The van der Waals surface area contributed by atoms with Crippen molar-refractivity contribution in [3.63, 3.8) is 0 Å². The second kappa shape index (κ2) is 5.07.